The van der Waals surface area contributed by atoms with Crippen LogP contribution in [0, 0.1) is 10.1 Å². The molecule has 0 radical (unpaired) electrons. The van der Waals surface area contributed by atoms with Crippen molar-refractivity contribution < 1.29 is 10.0 Å². The molecule has 0 spiro atoms. The third kappa shape index (κ3) is 4.33. The fraction of sp³-hybridized carbons (Fsp3) is 0.385. The molecule has 0 aliphatic carbocycles. The molecule has 2 aromatic heterocycles. The number of nitro groups is 1. The van der Waals surface area contributed by atoms with Gasteiger partial charge in [-0.15, -0.1) is 0 Å². The van der Waals surface area contributed by atoms with E-state index in [-0.39, 0.29) is 18.3 Å². The molecule has 21 heavy (non-hydrogen) atoms. The normalized spacial score (nSPS) is 13.8. The van der Waals surface area contributed by atoms with E-state index in [1.54, 1.807) is 6.20 Å². The van der Waals surface area contributed by atoms with Crippen LogP contribution < -0.4 is 5.32 Å². The molecule has 2 heterocycles. The highest BCUT2D eigenvalue weighted by Gasteiger charge is 2.13. The largest absolute Gasteiger partial charge is 0.390 e. The number of nitrogens with one attached hydrogen (secondary N) is 1. The van der Waals surface area contributed by atoms with Crippen molar-refractivity contribution in [3.8, 4) is 0 Å². The van der Waals surface area contributed by atoms with E-state index < -0.39 is 11.0 Å². The van der Waals surface area contributed by atoms with Gasteiger partial charge in [-0.2, -0.15) is 5.10 Å². The van der Waals surface area contributed by atoms with Gasteiger partial charge in [-0.3, -0.25) is 19.8 Å². The summed E-state index contributed by atoms with van der Waals surface area (Å²) in [5, 5.41) is 27.5. The molecule has 0 bridgehead atoms. The molecule has 2 aromatic rings. The Kier molecular flexibility index (Phi) is 4.96. The quantitative estimate of drug-likeness (QED) is 0.580. The summed E-state index contributed by atoms with van der Waals surface area (Å²) in [5.41, 5.74) is 0.802. The van der Waals surface area contributed by atoms with Crippen LogP contribution in [-0.4, -0.2) is 37.4 Å². The van der Waals surface area contributed by atoms with Gasteiger partial charge in [0, 0.05) is 18.8 Å². The van der Waals surface area contributed by atoms with Gasteiger partial charge in [0.1, 0.15) is 12.4 Å². The van der Waals surface area contributed by atoms with Crippen molar-refractivity contribution >= 4 is 5.69 Å². The summed E-state index contributed by atoms with van der Waals surface area (Å²) < 4.78 is 1.36. The van der Waals surface area contributed by atoms with Crippen LogP contribution in [-0.2, 0) is 6.54 Å². The summed E-state index contributed by atoms with van der Waals surface area (Å²) in [5.74, 6) is 0. The molecule has 0 amide bonds. The van der Waals surface area contributed by atoms with Gasteiger partial charge in [0.25, 0.3) is 0 Å². The molecular weight excluding hydrogens is 274 g/mol. The molecule has 8 heteroatoms. The van der Waals surface area contributed by atoms with Crippen LogP contribution in [0.2, 0.25) is 0 Å². The van der Waals surface area contributed by atoms with E-state index in [1.807, 2.05) is 25.1 Å². The molecular formula is C13H17N5O3. The second kappa shape index (κ2) is 6.91. The zero-order chi connectivity index (χ0) is 15.2. The zero-order valence-corrected chi connectivity index (χ0v) is 11.6. The molecule has 2 rings (SSSR count). The van der Waals surface area contributed by atoms with Crippen LogP contribution in [0.4, 0.5) is 5.69 Å². The second-order valence-electron chi connectivity index (χ2n) is 4.72. The first kappa shape index (κ1) is 15.1. The van der Waals surface area contributed by atoms with Crippen LogP contribution in [0.15, 0.2) is 36.8 Å². The number of aliphatic hydroxyl groups excluding tert-OH is 1. The lowest BCUT2D eigenvalue weighted by Crippen LogP contribution is -2.32. The average Bonchev–Trinajstić information content (AvgIpc) is 2.94. The second-order valence-corrected chi connectivity index (χ2v) is 4.72. The molecule has 8 nitrogen and oxygen atoms in total. The fourth-order valence-electron chi connectivity index (χ4n) is 1.88. The maximum atomic E-state index is 10.5. The number of hydrogen-bond donors (Lipinski definition) is 2. The summed E-state index contributed by atoms with van der Waals surface area (Å²) in [6, 6.07) is 5.66. The summed E-state index contributed by atoms with van der Waals surface area (Å²) in [6.07, 6.45) is 3.48. The van der Waals surface area contributed by atoms with Gasteiger partial charge in [0.15, 0.2) is 0 Å². The summed E-state index contributed by atoms with van der Waals surface area (Å²) >= 11 is 0. The van der Waals surface area contributed by atoms with Crippen molar-refractivity contribution in [1.82, 2.24) is 20.1 Å². The minimum Gasteiger partial charge on any atom is -0.390 e. The Balaban J connectivity index is 1.81. The van der Waals surface area contributed by atoms with E-state index >= 15 is 0 Å². The van der Waals surface area contributed by atoms with Gasteiger partial charge in [-0.1, -0.05) is 6.07 Å². The van der Waals surface area contributed by atoms with E-state index in [0.29, 0.717) is 6.54 Å². The highest BCUT2D eigenvalue weighted by atomic mass is 16.6. The van der Waals surface area contributed by atoms with E-state index in [2.05, 4.69) is 15.4 Å². The van der Waals surface area contributed by atoms with Gasteiger partial charge >= 0.3 is 5.69 Å². The van der Waals surface area contributed by atoms with Crippen molar-refractivity contribution in [3.63, 3.8) is 0 Å². The number of aromatic nitrogens is 3. The van der Waals surface area contributed by atoms with Crippen LogP contribution >= 0.6 is 0 Å². The molecule has 112 valence electrons. The lowest BCUT2D eigenvalue weighted by atomic mass is 10.2. The maximum absolute atomic E-state index is 10.5. The van der Waals surface area contributed by atoms with Crippen LogP contribution in [0.25, 0.3) is 0 Å². The molecule has 0 aliphatic heterocycles. The number of hydrogen-bond acceptors (Lipinski definition) is 6. The van der Waals surface area contributed by atoms with Crippen molar-refractivity contribution in [2.75, 3.05) is 6.54 Å². The first-order chi connectivity index (χ1) is 10.1. The Hall–Kier alpha value is -2.32. The van der Waals surface area contributed by atoms with Gasteiger partial charge in [-0.05, 0) is 19.1 Å². The SMILES string of the molecule is C[C@@H](NCC(O)Cn1cc([N+](=O)[O-])cn1)c1ccccn1. The van der Waals surface area contributed by atoms with Crippen LogP contribution in [0.5, 0.6) is 0 Å². The zero-order valence-electron chi connectivity index (χ0n) is 11.6. The summed E-state index contributed by atoms with van der Waals surface area (Å²) in [6.45, 7) is 2.48. The van der Waals surface area contributed by atoms with E-state index in [0.717, 1.165) is 11.9 Å². The summed E-state index contributed by atoms with van der Waals surface area (Å²) in [4.78, 5) is 14.3. The van der Waals surface area contributed by atoms with E-state index in [9.17, 15) is 15.2 Å². The smallest absolute Gasteiger partial charge is 0.306 e. The first-order valence-corrected chi connectivity index (χ1v) is 6.55. The van der Waals surface area contributed by atoms with Crippen LogP contribution in [0.3, 0.4) is 0 Å². The Morgan fingerprint density at radius 3 is 2.95 bits per heavy atom. The highest BCUT2D eigenvalue weighted by molar-refractivity contribution is 5.20. The fourth-order valence-corrected chi connectivity index (χ4v) is 1.88. The molecule has 1 unspecified atom stereocenters. The average molecular weight is 291 g/mol. The van der Waals surface area contributed by atoms with Gasteiger partial charge in [0.05, 0.1) is 23.3 Å². The lowest BCUT2D eigenvalue weighted by Gasteiger charge is -2.16. The Morgan fingerprint density at radius 1 is 1.52 bits per heavy atom. The van der Waals surface area contributed by atoms with Gasteiger partial charge in [0.2, 0.25) is 0 Å². The highest BCUT2D eigenvalue weighted by Crippen LogP contribution is 2.09. The lowest BCUT2D eigenvalue weighted by molar-refractivity contribution is -0.385. The number of aliphatic hydroxyl groups is 1. The van der Waals surface area contributed by atoms with E-state index in [4.69, 9.17) is 0 Å². The predicted molar refractivity (Wildman–Crippen MR) is 75.5 cm³/mol. The third-order valence-corrected chi connectivity index (χ3v) is 3.02. The molecule has 0 aliphatic rings. The Bertz CT molecular complexity index is 587. The Morgan fingerprint density at radius 2 is 2.33 bits per heavy atom. The van der Waals surface area contributed by atoms with Gasteiger partial charge < -0.3 is 10.4 Å². The Labute approximate surface area is 121 Å². The number of rotatable bonds is 7. The topological polar surface area (TPSA) is 106 Å². The standard InChI is InChI=1S/C13H17N5O3/c1-10(13-4-2-3-5-14-13)15-7-12(19)9-17-8-11(6-16-17)18(20)21/h2-6,8,10,12,15,19H,7,9H2,1H3/t10-,12?/m1/s1. The van der Waals surface area contributed by atoms with Crippen LogP contribution in [0.1, 0.15) is 18.7 Å². The summed E-state index contributed by atoms with van der Waals surface area (Å²) in [7, 11) is 0. The molecule has 2 N–H and O–H groups in total. The monoisotopic (exact) mass is 291 g/mol. The maximum Gasteiger partial charge on any atom is 0.306 e. The molecule has 0 saturated heterocycles. The first-order valence-electron chi connectivity index (χ1n) is 6.55. The van der Waals surface area contributed by atoms with Crippen molar-refractivity contribution in [2.24, 2.45) is 0 Å². The predicted octanol–water partition coefficient (Wildman–Crippen LogP) is 0.898. The van der Waals surface area contributed by atoms with Crippen molar-refractivity contribution in [3.05, 3.63) is 52.6 Å². The molecule has 0 saturated carbocycles. The minimum atomic E-state index is -0.698. The number of nitrogens with zero attached hydrogens (tertiary/aromatic N) is 4. The molecule has 2 atom stereocenters. The van der Waals surface area contributed by atoms with Crippen molar-refractivity contribution in [1.29, 1.82) is 0 Å². The molecule has 0 aromatic carbocycles. The van der Waals surface area contributed by atoms with Gasteiger partial charge in [-0.25, -0.2) is 0 Å². The minimum absolute atomic E-state index is 0.00723. The molecule has 0 fully saturated rings. The van der Waals surface area contributed by atoms with Crippen molar-refractivity contribution in [2.45, 2.75) is 25.6 Å². The van der Waals surface area contributed by atoms with E-state index in [1.165, 1.54) is 10.9 Å². The third-order valence-electron chi connectivity index (χ3n) is 3.02. The number of pyridine rings is 1.